The summed E-state index contributed by atoms with van der Waals surface area (Å²) < 4.78 is 5.74. The number of hydrazine groups is 1. The Balaban J connectivity index is 1.84. The van der Waals surface area contributed by atoms with Crippen molar-refractivity contribution in [1.29, 1.82) is 0 Å². The first-order valence-electron chi connectivity index (χ1n) is 7.31. The van der Waals surface area contributed by atoms with E-state index in [2.05, 4.69) is 35.5 Å². The molecule has 0 amide bonds. The predicted molar refractivity (Wildman–Crippen MR) is 85.6 cm³/mol. The van der Waals surface area contributed by atoms with Crippen LogP contribution in [-0.4, -0.2) is 11.6 Å². The lowest BCUT2D eigenvalue weighted by Gasteiger charge is -2.28. The summed E-state index contributed by atoms with van der Waals surface area (Å²) in [7, 11) is 0. The smallest absolute Gasteiger partial charge is 0.122 e. The van der Waals surface area contributed by atoms with E-state index in [0.29, 0.717) is 5.92 Å². The minimum Gasteiger partial charge on any atom is -0.493 e. The second-order valence-corrected chi connectivity index (χ2v) is 6.74. The topological polar surface area (TPSA) is 60.2 Å². The van der Waals surface area contributed by atoms with Gasteiger partial charge in [-0.2, -0.15) is 0 Å². The number of hydrogen-bond donors (Lipinski definition) is 2. The zero-order valence-corrected chi connectivity index (χ0v) is 13.2. The molecule has 3 rings (SSSR count). The van der Waals surface area contributed by atoms with Gasteiger partial charge in [-0.05, 0) is 44.2 Å². The molecule has 2 atom stereocenters. The van der Waals surface area contributed by atoms with Gasteiger partial charge in [0.1, 0.15) is 5.75 Å². The van der Waals surface area contributed by atoms with Crippen molar-refractivity contribution in [2.45, 2.75) is 38.6 Å². The second-order valence-electron chi connectivity index (χ2n) is 5.51. The Hall–Kier alpha value is -1.43. The van der Waals surface area contributed by atoms with E-state index in [9.17, 15) is 0 Å². The summed E-state index contributed by atoms with van der Waals surface area (Å²) in [6, 6.07) is 8.46. The number of aryl methyl sites for hydroxylation is 2. The lowest BCUT2D eigenvalue weighted by Crippen LogP contribution is -2.30. The Morgan fingerprint density at radius 3 is 2.95 bits per heavy atom. The molecule has 112 valence electrons. The molecule has 3 N–H and O–H groups in total. The SMILES string of the molecule is Cc1nc(C)c(C(CC2CCOc3ccccc32)NN)s1. The molecule has 1 aliphatic rings. The maximum absolute atomic E-state index is 5.82. The lowest BCUT2D eigenvalue weighted by atomic mass is 9.87. The Morgan fingerprint density at radius 2 is 2.24 bits per heavy atom. The van der Waals surface area contributed by atoms with Crippen molar-refractivity contribution in [3.8, 4) is 5.75 Å². The van der Waals surface area contributed by atoms with Crippen molar-refractivity contribution in [1.82, 2.24) is 10.4 Å². The molecule has 0 saturated heterocycles. The van der Waals surface area contributed by atoms with Crippen molar-refractivity contribution in [2.75, 3.05) is 6.61 Å². The molecule has 2 aromatic rings. The molecule has 1 aliphatic heterocycles. The number of nitrogens with two attached hydrogens (primary N) is 1. The van der Waals surface area contributed by atoms with E-state index in [4.69, 9.17) is 10.6 Å². The Bertz CT molecular complexity index is 626. The van der Waals surface area contributed by atoms with Crippen LogP contribution in [0.25, 0.3) is 0 Å². The lowest BCUT2D eigenvalue weighted by molar-refractivity contribution is 0.255. The molecular weight excluding hydrogens is 282 g/mol. The molecule has 1 aromatic carbocycles. The molecule has 2 heterocycles. The highest BCUT2D eigenvalue weighted by atomic mass is 32.1. The van der Waals surface area contributed by atoms with Crippen molar-refractivity contribution >= 4 is 11.3 Å². The fourth-order valence-corrected chi connectivity index (χ4v) is 4.07. The van der Waals surface area contributed by atoms with Gasteiger partial charge in [0.05, 0.1) is 23.4 Å². The van der Waals surface area contributed by atoms with E-state index in [1.165, 1.54) is 10.4 Å². The summed E-state index contributed by atoms with van der Waals surface area (Å²) in [5, 5.41) is 1.09. The largest absolute Gasteiger partial charge is 0.493 e. The number of para-hydroxylation sites is 1. The fraction of sp³-hybridized carbons (Fsp3) is 0.438. The van der Waals surface area contributed by atoms with Crippen LogP contribution in [0.15, 0.2) is 24.3 Å². The molecule has 0 fully saturated rings. The van der Waals surface area contributed by atoms with Gasteiger partial charge in [-0.15, -0.1) is 11.3 Å². The molecule has 4 nitrogen and oxygen atoms in total. The molecule has 0 spiro atoms. The van der Waals surface area contributed by atoms with Gasteiger partial charge in [-0.3, -0.25) is 11.3 Å². The summed E-state index contributed by atoms with van der Waals surface area (Å²) in [6.07, 6.45) is 2.01. The maximum Gasteiger partial charge on any atom is 0.122 e. The first-order valence-corrected chi connectivity index (χ1v) is 8.12. The van der Waals surface area contributed by atoms with E-state index in [0.717, 1.165) is 35.9 Å². The van der Waals surface area contributed by atoms with E-state index in [1.54, 1.807) is 11.3 Å². The third-order valence-electron chi connectivity index (χ3n) is 4.06. The highest BCUT2D eigenvalue weighted by Crippen LogP contribution is 2.40. The third-order valence-corrected chi connectivity index (χ3v) is 5.25. The molecular formula is C16H21N3OS. The van der Waals surface area contributed by atoms with Crippen molar-refractivity contribution < 1.29 is 4.74 Å². The van der Waals surface area contributed by atoms with Crippen LogP contribution in [0.1, 0.15) is 45.9 Å². The Morgan fingerprint density at radius 1 is 1.43 bits per heavy atom. The number of rotatable bonds is 4. The number of ether oxygens (including phenoxy) is 1. The number of aromatic nitrogens is 1. The van der Waals surface area contributed by atoms with Gasteiger partial charge < -0.3 is 4.74 Å². The molecule has 0 bridgehead atoms. The van der Waals surface area contributed by atoms with Gasteiger partial charge >= 0.3 is 0 Å². The number of hydrogen-bond acceptors (Lipinski definition) is 5. The molecule has 21 heavy (non-hydrogen) atoms. The first kappa shape index (κ1) is 14.5. The monoisotopic (exact) mass is 303 g/mol. The molecule has 0 saturated carbocycles. The number of thiazole rings is 1. The molecule has 0 aliphatic carbocycles. The van der Waals surface area contributed by atoms with Crippen LogP contribution >= 0.6 is 11.3 Å². The van der Waals surface area contributed by atoms with Crippen molar-refractivity contribution in [2.24, 2.45) is 5.84 Å². The van der Waals surface area contributed by atoms with Gasteiger partial charge in [0, 0.05) is 4.88 Å². The van der Waals surface area contributed by atoms with Crippen molar-refractivity contribution in [3.05, 3.63) is 45.4 Å². The van der Waals surface area contributed by atoms with Crippen LogP contribution in [-0.2, 0) is 0 Å². The van der Waals surface area contributed by atoms with Crippen LogP contribution < -0.4 is 16.0 Å². The summed E-state index contributed by atoms with van der Waals surface area (Å²) in [5.41, 5.74) is 5.36. The zero-order valence-electron chi connectivity index (χ0n) is 12.4. The number of benzene rings is 1. The summed E-state index contributed by atoms with van der Waals surface area (Å²) in [6.45, 7) is 4.87. The summed E-state index contributed by atoms with van der Waals surface area (Å²) in [4.78, 5) is 5.76. The molecule has 0 radical (unpaired) electrons. The van der Waals surface area contributed by atoms with Gasteiger partial charge in [0.25, 0.3) is 0 Å². The van der Waals surface area contributed by atoms with Crippen LogP contribution in [0.3, 0.4) is 0 Å². The van der Waals surface area contributed by atoms with Gasteiger partial charge in [-0.1, -0.05) is 18.2 Å². The van der Waals surface area contributed by atoms with Crippen molar-refractivity contribution in [3.63, 3.8) is 0 Å². The molecule has 5 heteroatoms. The average molecular weight is 303 g/mol. The van der Waals surface area contributed by atoms with E-state index < -0.39 is 0 Å². The quantitative estimate of drug-likeness (QED) is 0.672. The maximum atomic E-state index is 5.82. The highest BCUT2D eigenvalue weighted by molar-refractivity contribution is 7.11. The van der Waals surface area contributed by atoms with Crippen LogP contribution in [0, 0.1) is 13.8 Å². The summed E-state index contributed by atoms with van der Waals surface area (Å²) >= 11 is 1.73. The van der Waals surface area contributed by atoms with Crippen LogP contribution in [0.4, 0.5) is 0 Å². The highest BCUT2D eigenvalue weighted by Gasteiger charge is 2.26. The predicted octanol–water partition coefficient (Wildman–Crippen LogP) is 3.22. The molecule has 2 unspecified atom stereocenters. The van der Waals surface area contributed by atoms with Gasteiger partial charge in [-0.25, -0.2) is 4.98 Å². The van der Waals surface area contributed by atoms with Crippen LogP contribution in [0.5, 0.6) is 5.75 Å². The molecule has 1 aromatic heterocycles. The van der Waals surface area contributed by atoms with E-state index in [-0.39, 0.29) is 6.04 Å². The Labute approximate surface area is 129 Å². The van der Waals surface area contributed by atoms with Crippen LogP contribution in [0.2, 0.25) is 0 Å². The fourth-order valence-electron chi connectivity index (χ4n) is 3.07. The standard InChI is InChI=1S/C16H21N3OS/c1-10-16(21-11(2)18-10)14(19-17)9-12-7-8-20-15-6-4-3-5-13(12)15/h3-6,12,14,19H,7-9,17H2,1-2H3. The van der Waals surface area contributed by atoms with E-state index in [1.807, 2.05) is 13.0 Å². The second kappa shape index (κ2) is 6.13. The zero-order chi connectivity index (χ0) is 14.8. The summed E-state index contributed by atoms with van der Waals surface area (Å²) in [5.74, 6) is 7.30. The van der Waals surface area contributed by atoms with Gasteiger partial charge in [0.15, 0.2) is 0 Å². The number of nitrogens with one attached hydrogen (secondary N) is 1. The van der Waals surface area contributed by atoms with E-state index >= 15 is 0 Å². The third kappa shape index (κ3) is 2.95. The number of fused-ring (bicyclic) bond motifs is 1. The number of nitrogens with zero attached hydrogens (tertiary/aromatic N) is 1. The first-order chi connectivity index (χ1) is 10.2. The average Bonchev–Trinajstić information content (AvgIpc) is 2.83. The normalized spacial score (nSPS) is 18.9. The minimum absolute atomic E-state index is 0.146. The van der Waals surface area contributed by atoms with Gasteiger partial charge in [0.2, 0.25) is 0 Å². The minimum atomic E-state index is 0.146. The Kier molecular flexibility index (Phi) is 4.24.